The Morgan fingerprint density at radius 2 is 1.96 bits per heavy atom. The molecule has 3 aromatic rings. The fourth-order valence-electron chi connectivity index (χ4n) is 2.15. The summed E-state index contributed by atoms with van der Waals surface area (Å²) in [6, 6.07) is 12.8. The zero-order valence-corrected chi connectivity index (χ0v) is 15.4. The van der Waals surface area contributed by atoms with Crippen molar-refractivity contribution in [2.75, 3.05) is 11.6 Å². The van der Waals surface area contributed by atoms with Gasteiger partial charge < -0.3 is 5.32 Å². The highest BCUT2D eigenvalue weighted by molar-refractivity contribution is 9.10. The summed E-state index contributed by atoms with van der Waals surface area (Å²) in [4.78, 5) is 12.4. The summed E-state index contributed by atoms with van der Waals surface area (Å²) >= 11 is 4.90. The van der Waals surface area contributed by atoms with Crippen LogP contribution in [0.3, 0.4) is 0 Å². The largest absolute Gasteiger partial charge is 0.322 e. The first-order chi connectivity index (χ1) is 11.6. The Labute approximate surface area is 151 Å². The number of nitrogens with one attached hydrogen (secondary N) is 1. The van der Waals surface area contributed by atoms with Crippen molar-refractivity contribution in [1.29, 1.82) is 0 Å². The highest BCUT2D eigenvalue weighted by Crippen LogP contribution is 2.21. The molecule has 0 fully saturated rings. The topological polar surface area (TPSA) is 72.7 Å². The molecule has 2 aromatic carbocycles. The minimum absolute atomic E-state index is 0.162. The fourth-order valence-corrected chi connectivity index (χ4v) is 2.83. The van der Waals surface area contributed by atoms with Crippen molar-refractivity contribution in [3.63, 3.8) is 0 Å². The summed E-state index contributed by atoms with van der Waals surface area (Å²) in [6.07, 6.45) is 1.91. The van der Waals surface area contributed by atoms with Gasteiger partial charge in [-0.1, -0.05) is 27.7 Å². The minimum Gasteiger partial charge on any atom is -0.322 e. The van der Waals surface area contributed by atoms with E-state index in [2.05, 4.69) is 36.8 Å². The Morgan fingerprint density at radius 1 is 1.21 bits per heavy atom. The van der Waals surface area contributed by atoms with E-state index in [4.69, 9.17) is 0 Å². The second kappa shape index (κ2) is 7.14. The molecule has 6 nitrogen and oxygen atoms in total. The molecule has 8 heteroatoms. The summed E-state index contributed by atoms with van der Waals surface area (Å²) in [7, 11) is 0. The van der Waals surface area contributed by atoms with Gasteiger partial charge in [-0.3, -0.25) is 4.79 Å². The van der Waals surface area contributed by atoms with Crippen molar-refractivity contribution in [1.82, 2.24) is 20.2 Å². The Balaban J connectivity index is 1.77. The van der Waals surface area contributed by atoms with Crippen LogP contribution < -0.4 is 5.32 Å². The van der Waals surface area contributed by atoms with Gasteiger partial charge in [0.15, 0.2) is 0 Å². The first kappa shape index (κ1) is 16.7. The number of anilines is 1. The van der Waals surface area contributed by atoms with Gasteiger partial charge in [0.2, 0.25) is 5.16 Å². The number of hydrogen-bond donors (Lipinski definition) is 1. The molecule has 1 aromatic heterocycles. The maximum absolute atomic E-state index is 12.4. The molecule has 1 heterocycles. The number of thioether (sulfide) groups is 1. The number of halogens is 1. The lowest BCUT2D eigenvalue weighted by molar-refractivity contribution is 0.102. The van der Waals surface area contributed by atoms with Crippen LogP contribution in [0.5, 0.6) is 0 Å². The van der Waals surface area contributed by atoms with Crippen LogP contribution in [0.25, 0.3) is 5.69 Å². The third-order valence-corrected chi connectivity index (χ3v) is 4.92. The lowest BCUT2D eigenvalue weighted by Gasteiger charge is -2.08. The molecule has 1 amide bonds. The smallest absolute Gasteiger partial charge is 0.255 e. The third kappa shape index (κ3) is 3.49. The molecular weight excluding hydrogens is 390 g/mol. The number of tetrazole rings is 1. The molecule has 1 N–H and O–H groups in total. The van der Waals surface area contributed by atoms with E-state index in [-0.39, 0.29) is 5.91 Å². The number of nitrogens with zero attached hydrogens (tertiary/aromatic N) is 4. The van der Waals surface area contributed by atoms with Gasteiger partial charge in [-0.2, -0.15) is 4.68 Å². The van der Waals surface area contributed by atoms with E-state index in [1.807, 2.05) is 43.5 Å². The predicted molar refractivity (Wildman–Crippen MR) is 97.8 cm³/mol. The molecule has 24 heavy (non-hydrogen) atoms. The third-order valence-electron chi connectivity index (χ3n) is 3.41. The number of aromatic nitrogens is 4. The van der Waals surface area contributed by atoms with E-state index in [1.54, 1.807) is 16.8 Å². The molecule has 0 saturated heterocycles. The zero-order valence-electron chi connectivity index (χ0n) is 13.0. The van der Waals surface area contributed by atoms with E-state index in [0.717, 1.165) is 21.4 Å². The number of aryl methyl sites for hydroxylation is 1. The molecule has 0 unspecified atom stereocenters. The van der Waals surface area contributed by atoms with E-state index in [1.165, 1.54) is 11.8 Å². The van der Waals surface area contributed by atoms with Gasteiger partial charge in [-0.05, 0) is 71.6 Å². The van der Waals surface area contributed by atoms with Gasteiger partial charge in [-0.15, -0.1) is 5.10 Å². The summed E-state index contributed by atoms with van der Waals surface area (Å²) in [5.41, 5.74) is 3.19. The quantitative estimate of drug-likeness (QED) is 0.672. The second-order valence-corrected chi connectivity index (χ2v) is 6.67. The monoisotopic (exact) mass is 403 g/mol. The van der Waals surface area contributed by atoms with Crippen molar-refractivity contribution in [2.24, 2.45) is 0 Å². The first-order valence-corrected chi connectivity index (χ1v) is 9.10. The summed E-state index contributed by atoms with van der Waals surface area (Å²) < 4.78 is 2.64. The summed E-state index contributed by atoms with van der Waals surface area (Å²) in [5.74, 6) is -0.162. The van der Waals surface area contributed by atoms with E-state index in [9.17, 15) is 4.79 Å². The molecule has 3 rings (SSSR count). The Bertz CT molecular complexity index is 878. The average Bonchev–Trinajstić information content (AvgIpc) is 3.07. The van der Waals surface area contributed by atoms with E-state index in [0.29, 0.717) is 10.7 Å². The van der Waals surface area contributed by atoms with Gasteiger partial charge in [0.25, 0.3) is 5.91 Å². The molecule has 0 aliphatic heterocycles. The van der Waals surface area contributed by atoms with E-state index < -0.39 is 0 Å². The van der Waals surface area contributed by atoms with Crippen LogP contribution in [0.15, 0.2) is 52.1 Å². The SMILES string of the molecule is CSc1nnnn1-c1ccc(C(=O)Nc2ccc(Br)c(C)c2)cc1. The molecule has 0 aliphatic rings. The Hall–Kier alpha value is -2.19. The number of carbonyl (C=O) groups excluding carboxylic acids is 1. The molecule has 0 bridgehead atoms. The predicted octanol–water partition coefficient (Wildman–Crippen LogP) is 3.71. The number of hydrogen-bond acceptors (Lipinski definition) is 5. The van der Waals surface area contributed by atoms with Crippen LogP contribution in [-0.4, -0.2) is 32.4 Å². The van der Waals surface area contributed by atoms with Crippen molar-refractivity contribution < 1.29 is 4.79 Å². The molecule has 0 radical (unpaired) electrons. The highest BCUT2D eigenvalue weighted by Gasteiger charge is 2.10. The van der Waals surface area contributed by atoms with E-state index >= 15 is 0 Å². The van der Waals surface area contributed by atoms with Gasteiger partial charge in [0.1, 0.15) is 0 Å². The molecule has 0 spiro atoms. The number of amides is 1. The molecule has 0 aliphatic carbocycles. The van der Waals surface area contributed by atoms with Gasteiger partial charge in [0.05, 0.1) is 5.69 Å². The Kier molecular flexibility index (Phi) is 4.96. The van der Waals surface area contributed by atoms with Crippen LogP contribution in [0.1, 0.15) is 15.9 Å². The van der Waals surface area contributed by atoms with Crippen molar-refractivity contribution in [3.05, 3.63) is 58.1 Å². The minimum atomic E-state index is -0.162. The van der Waals surface area contributed by atoms with Gasteiger partial charge in [-0.25, -0.2) is 0 Å². The fraction of sp³-hybridized carbons (Fsp3) is 0.125. The number of rotatable bonds is 4. The maximum atomic E-state index is 12.4. The zero-order chi connectivity index (χ0) is 17.1. The highest BCUT2D eigenvalue weighted by atomic mass is 79.9. The van der Waals surface area contributed by atoms with Crippen molar-refractivity contribution >= 4 is 39.3 Å². The lowest BCUT2D eigenvalue weighted by atomic mass is 10.1. The maximum Gasteiger partial charge on any atom is 0.255 e. The van der Waals surface area contributed by atoms with Crippen LogP contribution in [0, 0.1) is 6.92 Å². The second-order valence-electron chi connectivity index (χ2n) is 5.04. The first-order valence-electron chi connectivity index (χ1n) is 7.09. The number of carbonyl (C=O) groups is 1. The molecule has 122 valence electrons. The lowest BCUT2D eigenvalue weighted by Crippen LogP contribution is -2.12. The normalized spacial score (nSPS) is 10.6. The molecule has 0 atom stereocenters. The summed E-state index contributed by atoms with van der Waals surface area (Å²) in [5, 5.41) is 15.1. The van der Waals surface area contributed by atoms with Crippen LogP contribution in [-0.2, 0) is 0 Å². The standard InChI is InChI=1S/C16H14BrN5OS/c1-10-9-12(5-8-14(10)17)18-15(23)11-3-6-13(7-4-11)22-16(24-2)19-20-21-22/h3-9H,1-2H3,(H,18,23). The number of benzene rings is 2. The Morgan fingerprint density at radius 3 is 2.62 bits per heavy atom. The van der Waals surface area contributed by atoms with Crippen LogP contribution >= 0.6 is 27.7 Å². The summed E-state index contributed by atoms with van der Waals surface area (Å²) in [6.45, 7) is 1.98. The van der Waals surface area contributed by atoms with Gasteiger partial charge in [0, 0.05) is 15.7 Å². The molecular formula is C16H14BrN5OS. The average molecular weight is 404 g/mol. The molecule has 0 saturated carbocycles. The van der Waals surface area contributed by atoms with Crippen LogP contribution in [0.4, 0.5) is 5.69 Å². The van der Waals surface area contributed by atoms with Gasteiger partial charge >= 0.3 is 0 Å². The van der Waals surface area contributed by atoms with Crippen molar-refractivity contribution in [2.45, 2.75) is 12.1 Å². The van der Waals surface area contributed by atoms with Crippen LogP contribution in [0.2, 0.25) is 0 Å². The van der Waals surface area contributed by atoms with Crippen molar-refractivity contribution in [3.8, 4) is 5.69 Å².